The molecular weight excluding hydrogens is 310 g/mol. The van der Waals surface area contributed by atoms with Crippen LogP contribution in [0.25, 0.3) is 0 Å². The molecule has 0 amide bonds. The van der Waals surface area contributed by atoms with Crippen LogP contribution in [0.2, 0.25) is 0 Å². The summed E-state index contributed by atoms with van der Waals surface area (Å²) < 4.78 is 5.21. The van der Waals surface area contributed by atoms with Gasteiger partial charge in [-0.05, 0) is 29.8 Å². The van der Waals surface area contributed by atoms with Gasteiger partial charge in [-0.15, -0.1) is 11.3 Å². The molecule has 120 valence electrons. The van der Waals surface area contributed by atoms with Crippen molar-refractivity contribution in [2.75, 3.05) is 20.2 Å². The van der Waals surface area contributed by atoms with Crippen molar-refractivity contribution in [2.45, 2.75) is 25.0 Å². The Morgan fingerprint density at radius 3 is 2.96 bits per heavy atom. The normalized spacial score (nSPS) is 24.0. The molecule has 1 aromatic carbocycles. The molecule has 6 heteroatoms. The fraction of sp³-hybridized carbons (Fsp3) is 0.412. The largest absolute Gasteiger partial charge is 0.497 e. The van der Waals surface area contributed by atoms with Crippen molar-refractivity contribution in [3.63, 3.8) is 0 Å². The number of likely N-dealkylation sites (tertiary alicyclic amines) is 1. The highest BCUT2D eigenvalue weighted by atomic mass is 32.1. The van der Waals surface area contributed by atoms with E-state index in [0.717, 1.165) is 49.5 Å². The van der Waals surface area contributed by atoms with Gasteiger partial charge in [0.25, 0.3) is 0 Å². The summed E-state index contributed by atoms with van der Waals surface area (Å²) in [5, 5.41) is 4.37. The lowest BCUT2D eigenvalue weighted by atomic mass is 9.93. The Labute approximate surface area is 139 Å². The van der Waals surface area contributed by atoms with Crippen LogP contribution in [0.4, 0.5) is 0 Å². The lowest BCUT2D eigenvalue weighted by Gasteiger charge is -2.21. The van der Waals surface area contributed by atoms with Crippen LogP contribution in [0, 0.1) is 0 Å². The van der Waals surface area contributed by atoms with E-state index in [-0.39, 0.29) is 5.60 Å². The van der Waals surface area contributed by atoms with Crippen LogP contribution >= 0.6 is 11.3 Å². The van der Waals surface area contributed by atoms with Crippen LogP contribution in [0.5, 0.6) is 5.75 Å². The van der Waals surface area contributed by atoms with Gasteiger partial charge in [0.05, 0.1) is 18.3 Å². The highest BCUT2D eigenvalue weighted by molar-refractivity contribution is 7.09. The first-order valence-corrected chi connectivity index (χ1v) is 8.64. The second-order valence-corrected chi connectivity index (χ2v) is 7.12. The molecule has 2 aliphatic rings. The number of benzene rings is 1. The fourth-order valence-corrected chi connectivity index (χ4v) is 3.92. The molecule has 0 radical (unpaired) electrons. The number of hydrogen-bond acceptors (Lipinski definition) is 6. The first kappa shape index (κ1) is 14.7. The molecule has 3 heterocycles. The van der Waals surface area contributed by atoms with Crippen molar-refractivity contribution in [3.05, 3.63) is 46.4 Å². The molecule has 5 nitrogen and oxygen atoms in total. The molecule has 0 bridgehead atoms. The minimum absolute atomic E-state index is 0.153. The van der Waals surface area contributed by atoms with Gasteiger partial charge in [0.1, 0.15) is 5.75 Å². The monoisotopic (exact) mass is 329 g/mol. The Kier molecular flexibility index (Phi) is 3.79. The third kappa shape index (κ3) is 2.96. The molecule has 2 aliphatic heterocycles. The number of hydrogen-bond donors (Lipinski definition) is 0. The summed E-state index contributed by atoms with van der Waals surface area (Å²) in [7, 11) is 1.68. The molecule has 1 aromatic heterocycles. The van der Waals surface area contributed by atoms with Crippen molar-refractivity contribution in [2.24, 2.45) is 5.16 Å². The molecule has 1 fully saturated rings. The van der Waals surface area contributed by atoms with Gasteiger partial charge in [-0.2, -0.15) is 0 Å². The number of oxime groups is 1. The number of thiazole rings is 1. The number of rotatable bonds is 4. The Balaban J connectivity index is 1.40. The average molecular weight is 329 g/mol. The van der Waals surface area contributed by atoms with Crippen molar-refractivity contribution < 1.29 is 9.57 Å². The smallest absolute Gasteiger partial charge is 0.157 e. The average Bonchev–Trinajstić information content (AvgIpc) is 3.31. The van der Waals surface area contributed by atoms with Gasteiger partial charge in [-0.3, -0.25) is 9.88 Å². The lowest BCUT2D eigenvalue weighted by molar-refractivity contribution is -0.0104. The van der Waals surface area contributed by atoms with E-state index in [9.17, 15) is 0 Å². The van der Waals surface area contributed by atoms with Crippen LogP contribution in [0.3, 0.4) is 0 Å². The Morgan fingerprint density at radius 2 is 2.22 bits per heavy atom. The molecule has 1 saturated heterocycles. The molecule has 4 rings (SSSR count). The predicted octanol–water partition coefficient (Wildman–Crippen LogP) is 2.92. The minimum atomic E-state index is -0.153. The topological polar surface area (TPSA) is 47.0 Å². The maximum Gasteiger partial charge on any atom is 0.157 e. The van der Waals surface area contributed by atoms with Crippen LogP contribution in [0.1, 0.15) is 23.3 Å². The maximum atomic E-state index is 5.88. The van der Waals surface area contributed by atoms with Crippen LogP contribution < -0.4 is 4.74 Å². The Bertz CT molecular complexity index is 699. The van der Waals surface area contributed by atoms with E-state index >= 15 is 0 Å². The summed E-state index contributed by atoms with van der Waals surface area (Å²) in [4.78, 5) is 13.8. The summed E-state index contributed by atoms with van der Waals surface area (Å²) in [5.74, 6) is 0.861. The molecule has 1 atom stereocenters. The highest BCUT2D eigenvalue weighted by Crippen LogP contribution is 2.36. The fourth-order valence-electron chi connectivity index (χ4n) is 3.28. The highest BCUT2D eigenvalue weighted by Gasteiger charge is 2.45. The van der Waals surface area contributed by atoms with Gasteiger partial charge in [0.15, 0.2) is 5.60 Å². The molecule has 1 unspecified atom stereocenters. The quantitative estimate of drug-likeness (QED) is 0.865. The zero-order valence-corrected chi connectivity index (χ0v) is 13.9. The molecular formula is C17H19N3O2S. The molecule has 1 spiro atoms. The van der Waals surface area contributed by atoms with Crippen molar-refractivity contribution in [3.8, 4) is 5.75 Å². The zero-order chi connectivity index (χ0) is 15.7. The SMILES string of the molecule is COc1ccc(C2=NOC3(CCN(Cc4cncs4)C3)C2)cc1. The Morgan fingerprint density at radius 1 is 1.35 bits per heavy atom. The number of aromatic nitrogens is 1. The van der Waals surface area contributed by atoms with Crippen LogP contribution in [0.15, 0.2) is 41.1 Å². The van der Waals surface area contributed by atoms with Gasteiger partial charge in [-0.25, -0.2) is 0 Å². The number of ether oxygens (including phenoxy) is 1. The molecule has 0 N–H and O–H groups in total. The predicted molar refractivity (Wildman–Crippen MR) is 90.0 cm³/mol. The third-order valence-corrected chi connectivity index (χ3v) is 5.29. The van der Waals surface area contributed by atoms with Crippen molar-refractivity contribution >= 4 is 17.0 Å². The first-order valence-electron chi connectivity index (χ1n) is 7.76. The second-order valence-electron chi connectivity index (χ2n) is 6.15. The van der Waals surface area contributed by atoms with E-state index in [2.05, 4.69) is 15.0 Å². The molecule has 23 heavy (non-hydrogen) atoms. The second kappa shape index (κ2) is 5.94. The number of nitrogens with zero attached hydrogens (tertiary/aromatic N) is 3. The first-order chi connectivity index (χ1) is 11.3. The maximum absolute atomic E-state index is 5.88. The molecule has 0 aliphatic carbocycles. The van der Waals surface area contributed by atoms with Crippen LogP contribution in [-0.2, 0) is 11.4 Å². The van der Waals surface area contributed by atoms with Gasteiger partial charge in [0.2, 0.25) is 0 Å². The lowest BCUT2D eigenvalue weighted by Crippen LogP contribution is -2.33. The summed E-state index contributed by atoms with van der Waals surface area (Å²) in [6.07, 6.45) is 3.85. The van der Waals surface area contributed by atoms with Gasteiger partial charge < -0.3 is 9.57 Å². The number of methoxy groups -OCH3 is 1. The van der Waals surface area contributed by atoms with Gasteiger partial charge in [-0.1, -0.05) is 5.16 Å². The molecule has 2 aromatic rings. The van der Waals surface area contributed by atoms with E-state index in [4.69, 9.17) is 9.57 Å². The Hall–Kier alpha value is -1.92. The summed E-state index contributed by atoms with van der Waals surface area (Å²) >= 11 is 1.71. The van der Waals surface area contributed by atoms with Gasteiger partial charge in [0, 0.05) is 43.5 Å². The summed E-state index contributed by atoms with van der Waals surface area (Å²) in [6.45, 7) is 2.92. The van der Waals surface area contributed by atoms with E-state index in [1.165, 1.54) is 4.88 Å². The molecule has 0 saturated carbocycles. The van der Waals surface area contributed by atoms with Gasteiger partial charge >= 0.3 is 0 Å². The van der Waals surface area contributed by atoms with E-state index in [1.807, 2.05) is 36.0 Å². The summed E-state index contributed by atoms with van der Waals surface area (Å²) in [6, 6.07) is 8.02. The van der Waals surface area contributed by atoms with E-state index < -0.39 is 0 Å². The van der Waals surface area contributed by atoms with Crippen molar-refractivity contribution in [1.29, 1.82) is 0 Å². The summed E-state index contributed by atoms with van der Waals surface area (Å²) in [5.41, 5.74) is 3.88. The van der Waals surface area contributed by atoms with Crippen molar-refractivity contribution in [1.82, 2.24) is 9.88 Å². The zero-order valence-electron chi connectivity index (χ0n) is 13.1. The standard InChI is InChI=1S/C17H19N3O2S/c1-21-14-4-2-13(3-5-14)16-8-17(22-19-16)6-7-20(11-17)10-15-9-18-12-23-15/h2-5,9,12H,6-8,10-11H2,1H3. The minimum Gasteiger partial charge on any atom is -0.497 e. The van der Waals surface area contributed by atoms with E-state index in [0.29, 0.717) is 0 Å². The van der Waals surface area contributed by atoms with Crippen LogP contribution in [-0.4, -0.2) is 41.4 Å². The third-order valence-electron chi connectivity index (χ3n) is 4.52. The van der Waals surface area contributed by atoms with E-state index in [1.54, 1.807) is 18.4 Å².